The summed E-state index contributed by atoms with van der Waals surface area (Å²) in [5, 5.41) is 0. The molecule has 2 heterocycles. The third kappa shape index (κ3) is 2.24. The Morgan fingerprint density at radius 3 is 2.57 bits per heavy atom. The van der Waals surface area contributed by atoms with Crippen LogP contribution in [0.3, 0.4) is 0 Å². The SMILES string of the molecule is Cc1cc2c(c(=O)n1C)[C@@H](c1ccc(F)cc1)CC(=O)O2. The molecule has 1 aliphatic rings. The molecular formula is C16H14FNO3. The van der Waals surface area contributed by atoms with Gasteiger partial charge in [0.15, 0.2) is 0 Å². The molecule has 0 bridgehead atoms. The summed E-state index contributed by atoms with van der Waals surface area (Å²) in [6.07, 6.45) is 0.0803. The highest BCUT2D eigenvalue weighted by Gasteiger charge is 2.32. The number of hydrogen-bond donors (Lipinski definition) is 0. The van der Waals surface area contributed by atoms with Crippen molar-refractivity contribution in [3.63, 3.8) is 0 Å². The number of benzene rings is 1. The highest BCUT2D eigenvalue weighted by molar-refractivity contribution is 5.77. The van der Waals surface area contributed by atoms with Crippen molar-refractivity contribution < 1.29 is 13.9 Å². The molecule has 0 aliphatic carbocycles. The van der Waals surface area contributed by atoms with E-state index in [1.807, 2.05) is 0 Å². The largest absolute Gasteiger partial charge is 0.426 e. The average Bonchev–Trinajstić information content (AvgIpc) is 2.44. The first kappa shape index (κ1) is 13.5. The Hall–Kier alpha value is -2.43. The topological polar surface area (TPSA) is 48.3 Å². The van der Waals surface area contributed by atoms with Crippen LogP contribution in [0.15, 0.2) is 35.1 Å². The van der Waals surface area contributed by atoms with Crippen LogP contribution in [0.2, 0.25) is 0 Å². The zero-order chi connectivity index (χ0) is 15.1. The first-order valence-electron chi connectivity index (χ1n) is 6.64. The minimum atomic E-state index is -0.402. The van der Waals surface area contributed by atoms with Crippen molar-refractivity contribution in [2.45, 2.75) is 19.3 Å². The molecule has 0 radical (unpaired) electrons. The molecule has 1 aromatic heterocycles. The monoisotopic (exact) mass is 287 g/mol. The second-order valence-corrected chi connectivity index (χ2v) is 5.21. The molecule has 21 heavy (non-hydrogen) atoms. The van der Waals surface area contributed by atoms with E-state index in [1.165, 1.54) is 16.7 Å². The number of hydrogen-bond acceptors (Lipinski definition) is 3. The van der Waals surface area contributed by atoms with E-state index in [1.54, 1.807) is 32.2 Å². The zero-order valence-electron chi connectivity index (χ0n) is 11.7. The molecular weight excluding hydrogens is 273 g/mol. The molecule has 1 aromatic carbocycles. The number of carbonyl (C=O) groups is 1. The Morgan fingerprint density at radius 1 is 1.24 bits per heavy atom. The highest BCUT2D eigenvalue weighted by atomic mass is 19.1. The van der Waals surface area contributed by atoms with Gasteiger partial charge in [-0.05, 0) is 24.6 Å². The number of nitrogens with zero attached hydrogens (tertiary/aromatic N) is 1. The Labute approximate surface area is 120 Å². The quantitative estimate of drug-likeness (QED) is 0.756. The summed E-state index contributed by atoms with van der Waals surface area (Å²) >= 11 is 0. The van der Waals surface area contributed by atoms with Gasteiger partial charge >= 0.3 is 5.97 Å². The lowest BCUT2D eigenvalue weighted by Gasteiger charge is -2.25. The van der Waals surface area contributed by atoms with Crippen LogP contribution in [-0.4, -0.2) is 10.5 Å². The van der Waals surface area contributed by atoms with Crippen LogP contribution in [-0.2, 0) is 11.8 Å². The van der Waals surface area contributed by atoms with Crippen molar-refractivity contribution in [3.05, 3.63) is 63.3 Å². The summed E-state index contributed by atoms with van der Waals surface area (Å²) in [4.78, 5) is 24.3. The third-order valence-electron chi connectivity index (χ3n) is 3.88. The first-order valence-corrected chi connectivity index (χ1v) is 6.64. The number of ether oxygens (including phenoxy) is 1. The fourth-order valence-corrected chi connectivity index (χ4v) is 2.63. The lowest BCUT2D eigenvalue weighted by Crippen LogP contribution is -2.31. The molecule has 0 spiro atoms. The molecule has 0 saturated heterocycles. The van der Waals surface area contributed by atoms with Crippen molar-refractivity contribution in [1.82, 2.24) is 4.57 Å². The van der Waals surface area contributed by atoms with Gasteiger partial charge in [0.2, 0.25) is 0 Å². The molecule has 5 heteroatoms. The van der Waals surface area contributed by atoms with Gasteiger partial charge in [0.1, 0.15) is 11.6 Å². The van der Waals surface area contributed by atoms with Crippen molar-refractivity contribution in [2.75, 3.05) is 0 Å². The van der Waals surface area contributed by atoms with Crippen LogP contribution in [0, 0.1) is 12.7 Å². The Kier molecular flexibility index (Phi) is 3.12. The fraction of sp³-hybridized carbons (Fsp3) is 0.250. The van der Waals surface area contributed by atoms with Gasteiger partial charge in [-0.15, -0.1) is 0 Å². The minimum Gasteiger partial charge on any atom is -0.426 e. The number of rotatable bonds is 1. The molecule has 0 fully saturated rings. The molecule has 0 saturated carbocycles. The molecule has 0 amide bonds. The predicted octanol–water partition coefficient (Wildman–Crippen LogP) is 2.27. The van der Waals surface area contributed by atoms with Gasteiger partial charge < -0.3 is 9.30 Å². The van der Waals surface area contributed by atoms with Crippen LogP contribution in [0.25, 0.3) is 0 Å². The summed E-state index contributed by atoms with van der Waals surface area (Å²) in [6, 6.07) is 7.54. The summed E-state index contributed by atoms with van der Waals surface area (Å²) in [5.74, 6) is -0.832. The fourth-order valence-electron chi connectivity index (χ4n) is 2.63. The average molecular weight is 287 g/mol. The van der Waals surface area contributed by atoms with Gasteiger partial charge in [-0.25, -0.2) is 4.39 Å². The molecule has 2 aromatic rings. The van der Waals surface area contributed by atoms with Gasteiger partial charge in [-0.3, -0.25) is 9.59 Å². The van der Waals surface area contributed by atoms with Crippen molar-refractivity contribution in [1.29, 1.82) is 0 Å². The van der Waals surface area contributed by atoms with E-state index in [4.69, 9.17) is 4.74 Å². The van der Waals surface area contributed by atoms with Crippen LogP contribution in [0.5, 0.6) is 5.75 Å². The molecule has 3 rings (SSSR count). The second kappa shape index (κ2) is 4.84. The molecule has 4 nitrogen and oxygen atoms in total. The molecule has 0 unspecified atom stereocenters. The number of aromatic nitrogens is 1. The maximum atomic E-state index is 13.1. The van der Waals surface area contributed by atoms with Crippen molar-refractivity contribution in [2.24, 2.45) is 7.05 Å². The van der Waals surface area contributed by atoms with Gasteiger partial charge in [0, 0.05) is 24.7 Å². The molecule has 108 valence electrons. The van der Waals surface area contributed by atoms with Gasteiger partial charge in [0.05, 0.1) is 12.0 Å². The number of aryl methyl sites for hydroxylation is 1. The number of pyridine rings is 1. The van der Waals surface area contributed by atoms with Crippen LogP contribution >= 0.6 is 0 Å². The molecule has 0 N–H and O–H groups in total. The standard InChI is InChI=1S/C16H14FNO3/c1-9-7-13-15(16(20)18(9)2)12(8-14(19)21-13)10-3-5-11(17)6-4-10/h3-7,12H,8H2,1-2H3/t12-/m1/s1. The third-order valence-corrected chi connectivity index (χ3v) is 3.88. The predicted molar refractivity (Wildman–Crippen MR) is 74.9 cm³/mol. The smallest absolute Gasteiger partial charge is 0.312 e. The number of fused-ring (bicyclic) bond motifs is 1. The van der Waals surface area contributed by atoms with Crippen molar-refractivity contribution >= 4 is 5.97 Å². The van der Waals surface area contributed by atoms with Crippen molar-refractivity contribution in [3.8, 4) is 5.75 Å². The number of carbonyl (C=O) groups excluding carboxylic acids is 1. The first-order chi connectivity index (χ1) is 9.97. The Balaban J connectivity index is 2.21. The Morgan fingerprint density at radius 2 is 1.90 bits per heavy atom. The zero-order valence-corrected chi connectivity index (χ0v) is 11.7. The maximum absolute atomic E-state index is 13.1. The van der Waals surface area contributed by atoms with E-state index in [0.717, 1.165) is 5.56 Å². The van der Waals surface area contributed by atoms with Gasteiger partial charge in [-0.1, -0.05) is 12.1 Å². The summed E-state index contributed by atoms with van der Waals surface area (Å²) in [5.41, 5.74) is 1.71. The highest BCUT2D eigenvalue weighted by Crippen LogP contribution is 2.36. The molecule has 1 aliphatic heterocycles. The summed E-state index contributed by atoms with van der Waals surface area (Å²) in [7, 11) is 1.68. The summed E-state index contributed by atoms with van der Waals surface area (Å²) in [6.45, 7) is 1.77. The van der Waals surface area contributed by atoms with Gasteiger partial charge in [-0.2, -0.15) is 0 Å². The molecule has 1 atom stereocenters. The van der Waals surface area contributed by atoms with E-state index < -0.39 is 5.92 Å². The van der Waals surface area contributed by atoms with E-state index in [-0.39, 0.29) is 23.8 Å². The lowest BCUT2D eigenvalue weighted by atomic mass is 9.87. The van der Waals surface area contributed by atoms with E-state index in [0.29, 0.717) is 17.0 Å². The Bertz CT molecular complexity index is 777. The minimum absolute atomic E-state index is 0.0803. The maximum Gasteiger partial charge on any atom is 0.312 e. The summed E-state index contributed by atoms with van der Waals surface area (Å²) < 4.78 is 19.8. The number of esters is 1. The van der Waals surface area contributed by atoms with Crippen LogP contribution < -0.4 is 10.3 Å². The second-order valence-electron chi connectivity index (χ2n) is 5.21. The van der Waals surface area contributed by atoms with E-state index in [9.17, 15) is 14.0 Å². The lowest BCUT2D eigenvalue weighted by molar-refractivity contribution is -0.135. The van der Waals surface area contributed by atoms with Crippen LogP contribution in [0.4, 0.5) is 4.39 Å². The number of halogens is 1. The van der Waals surface area contributed by atoms with Gasteiger partial charge in [0.25, 0.3) is 5.56 Å². The van der Waals surface area contributed by atoms with E-state index >= 15 is 0 Å². The van der Waals surface area contributed by atoms with Crippen LogP contribution in [0.1, 0.15) is 29.2 Å². The van der Waals surface area contributed by atoms with E-state index in [2.05, 4.69) is 0 Å². The normalized spacial score (nSPS) is 17.3.